The Morgan fingerprint density at radius 1 is 1.11 bits per heavy atom. The van der Waals surface area contributed by atoms with Crippen molar-refractivity contribution in [2.45, 2.75) is 19.3 Å². The van der Waals surface area contributed by atoms with Crippen LogP contribution >= 0.6 is 0 Å². The first-order valence-electron chi connectivity index (χ1n) is 7.21. The Hall–Kier alpha value is -1.06. The molecule has 0 unspecified atom stereocenters. The van der Waals surface area contributed by atoms with Crippen LogP contribution in [0, 0.1) is 0 Å². The molecule has 0 radical (unpaired) electrons. The third-order valence-electron chi connectivity index (χ3n) is 4.06. The highest BCUT2D eigenvalue weighted by Gasteiger charge is 2.14. The molecular formula is C15H23N3. The molecule has 0 atom stereocenters. The van der Waals surface area contributed by atoms with E-state index in [2.05, 4.69) is 33.7 Å². The minimum absolute atomic E-state index is 1.12. The fraction of sp³-hybridized carbons (Fsp3) is 0.600. The summed E-state index contributed by atoms with van der Waals surface area (Å²) in [5.74, 6) is 0. The van der Waals surface area contributed by atoms with E-state index in [1.54, 1.807) is 0 Å². The summed E-state index contributed by atoms with van der Waals surface area (Å²) >= 11 is 0. The van der Waals surface area contributed by atoms with Gasteiger partial charge in [0.25, 0.3) is 0 Å². The second kappa shape index (κ2) is 5.72. The van der Waals surface area contributed by atoms with Crippen LogP contribution in [0.1, 0.15) is 17.5 Å². The lowest BCUT2D eigenvalue weighted by Crippen LogP contribution is -2.43. The monoisotopic (exact) mass is 245 g/mol. The summed E-state index contributed by atoms with van der Waals surface area (Å²) in [5, 5.41) is 6.94. The van der Waals surface area contributed by atoms with Crippen molar-refractivity contribution in [3.05, 3.63) is 29.3 Å². The van der Waals surface area contributed by atoms with Gasteiger partial charge in [-0.05, 0) is 36.9 Å². The molecule has 2 heterocycles. The molecule has 98 valence electrons. The number of nitrogens with zero attached hydrogens (tertiary/aromatic N) is 1. The third kappa shape index (κ3) is 2.68. The van der Waals surface area contributed by atoms with Gasteiger partial charge in [-0.25, -0.2) is 0 Å². The van der Waals surface area contributed by atoms with E-state index in [1.807, 2.05) is 0 Å². The average Bonchev–Trinajstić information content (AvgIpc) is 2.89. The van der Waals surface area contributed by atoms with Gasteiger partial charge in [0, 0.05) is 38.4 Å². The molecule has 2 N–H and O–H groups in total. The minimum atomic E-state index is 1.12. The van der Waals surface area contributed by atoms with E-state index in [1.165, 1.54) is 55.7 Å². The van der Waals surface area contributed by atoms with Gasteiger partial charge in [-0.15, -0.1) is 0 Å². The molecule has 0 aromatic heterocycles. The van der Waals surface area contributed by atoms with Gasteiger partial charge in [0.05, 0.1) is 0 Å². The lowest BCUT2D eigenvalue weighted by atomic mass is 10.0. The van der Waals surface area contributed by atoms with Crippen LogP contribution in [0.4, 0.5) is 5.69 Å². The molecule has 1 aromatic carbocycles. The van der Waals surface area contributed by atoms with E-state index in [9.17, 15) is 0 Å². The number of rotatable bonds is 4. The Balaban J connectivity index is 1.52. The van der Waals surface area contributed by atoms with Crippen molar-refractivity contribution in [1.82, 2.24) is 10.2 Å². The SMILES string of the molecule is c1cc(CCCN2CCNCC2)c2c(c1)CCN2. The number of benzene rings is 1. The molecule has 3 rings (SSSR count). The van der Waals surface area contributed by atoms with Gasteiger partial charge in [-0.3, -0.25) is 0 Å². The van der Waals surface area contributed by atoms with E-state index in [0.717, 1.165) is 19.6 Å². The van der Waals surface area contributed by atoms with Crippen LogP contribution in [0.3, 0.4) is 0 Å². The molecule has 1 fully saturated rings. The quantitative estimate of drug-likeness (QED) is 0.841. The molecule has 0 bridgehead atoms. The Morgan fingerprint density at radius 2 is 2.00 bits per heavy atom. The predicted molar refractivity (Wildman–Crippen MR) is 76.3 cm³/mol. The van der Waals surface area contributed by atoms with Crippen molar-refractivity contribution < 1.29 is 0 Å². The molecule has 0 amide bonds. The molecule has 3 heteroatoms. The minimum Gasteiger partial charge on any atom is -0.384 e. The summed E-state index contributed by atoms with van der Waals surface area (Å²) in [6.45, 7) is 7.09. The van der Waals surface area contributed by atoms with Crippen molar-refractivity contribution in [2.75, 3.05) is 44.6 Å². The number of hydrogen-bond donors (Lipinski definition) is 2. The van der Waals surface area contributed by atoms with Crippen LogP contribution in [-0.2, 0) is 12.8 Å². The Kier molecular flexibility index (Phi) is 3.81. The molecule has 3 nitrogen and oxygen atoms in total. The average molecular weight is 245 g/mol. The van der Waals surface area contributed by atoms with Crippen LogP contribution in [-0.4, -0.2) is 44.2 Å². The zero-order valence-electron chi connectivity index (χ0n) is 11.0. The van der Waals surface area contributed by atoms with Gasteiger partial charge in [0.1, 0.15) is 0 Å². The summed E-state index contributed by atoms with van der Waals surface area (Å²) in [6, 6.07) is 6.76. The number of aryl methyl sites for hydroxylation is 1. The van der Waals surface area contributed by atoms with Crippen molar-refractivity contribution in [2.24, 2.45) is 0 Å². The lowest BCUT2D eigenvalue weighted by Gasteiger charge is -2.27. The van der Waals surface area contributed by atoms with Gasteiger partial charge in [-0.1, -0.05) is 18.2 Å². The molecule has 1 saturated heterocycles. The van der Waals surface area contributed by atoms with Gasteiger partial charge in [-0.2, -0.15) is 0 Å². The Morgan fingerprint density at radius 3 is 2.89 bits per heavy atom. The fourth-order valence-corrected chi connectivity index (χ4v) is 3.05. The predicted octanol–water partition coefficient (Wildman–Crippen LogP) is 1.49. The summed E-state index contributed by atoms with van der Waals surface area (Å²) in [5.41, 5.74) is 4.45. The highest BCUT2D eigenvalue weighted by Crippen LogP contribution is 2.27. The second-order valence-electron chi connectivity index (χ2n) is 5.32. The molecule has 2 aliphatic heterocycles. The van der Waals surface area contributed by atoms with Crippen molar-refractivity contribution in [3.63, 3.8) is 0 Å². The number of nitrogens with one attached hydrogen (secondary N) is 2. The van der Waals surface area contributed by atoms with Gasteiger partial charge in [0.2, 0.25) is 0 Å². The van der Waals surface area contributed by atoms with E-state index in [4.69, 9.17) is 0 Å². The van der Waals surface area contributed by atoms with E-state index < -0.39 is 0 Å². The number of piperazine rings is 1. The van der Waals surface area contributed by atoms with Crippen molar-refractivity contribution >= 4 is 5.69 Å². The van der Waals surface area contributed by atoms with Crippen molar-refractivity contribution in [3.8, 4) is 0 Å². The summed E-state index contributed by atoms with van der Waals surface area (Å²) < 4.78 is 0. The zero-order chi connectivity index (χ0) is 12.2. The summed E-state index contributed by atoms with van der Waals surface area (Å²) in [6.07, 6.45) is 3.68. The standard InChI is InChI=1S/C15H23N3/c1-3-13(15-14(4-1)6-7-17-15)5-2-10-18-11-8-16-9-12-18/h1,3-4,16-17H,2,5-12H2. The first-order valence-corrected chi connectivity index (χ1v) is 7.21. The maximum atomic E-state index is 3.53. The first-order chi connectivity index (χ1) is 8.93. The summed E-state index contributed by atoms with van der Waals surface area (Å²) in [4.78, 5) is 2.58. The van der Waals surface area contributed by atoms with Gasteiger partial charge >= 0.3 is 0 Å². The van der Waals surface area contributed by atoms with Crippen LogP contribution < -0.4 is 10.6 Å². The number of anilines is 1. The maximum Gasteiger partial charge on any atom is 0.0406 e. The van der Waals surface area contributed by atoms with Gasteiger partial charge in [0.15, 0.2) is 0 Å². The molecule has 1 aromatic rings. The largest absolute Gasteiger partial charge is 0.384 e. The summed E-state index contributed by atoms with van der Waals surface area (Å²) in [7, 11) is 0. The van der Waals surface area contributed by atoms with E-state index in [0.29, 0.717) is 0 Å². The topological polar surface area (TPSA) is 27.3 Å². The Labute approximate surface area is 110 Å². The maximum absolute atomic E-state index is 3.53. The molecule has 0 saturated carbocycles. The number of para-hydroxylation sites is 1. The third-order valence-corrected chi connectivity index (χ3v) is 4.06. The molecule has 2 aliphatic rings. The number of fused-ring (bicyclic) bond motifs is 1. The van der Waals surface area contributed by atoms with E-state index >= 15 is 0 Å². The normalized spacial score (nSPS) is 19.6. The molecule has 0 aliphatic carbocycles. The molecule has 18 heavy (non-hydrogen) atoms. The lowest BCUT2D eigenvalue weighted by molar-refractivity contribution is 0.238. The van der Waals surface area contributed by atoms with Crippen molar-refractivity contribution in [1.29, 1.82) is 0 Å². The van der Waals surface area contributed by atoms with E-state index in [-0.39, 0.29) is 0 Å². The highest BCUT2D eigenvalue weighted by atomic mass is 15.2. The van der Waals surface area contributed by atoms with Crippen LogP contribution in [0.25, 0.3) is 0 Å². The van der Waals surface area contributed by atoms with Crippen LogP contribution in [0.5, 0.6) is 0 Å². The highest BCUT2D eigenvalue weighted by molar-refractivity contribution is 5.61. The van der Waals surface area contributed by atoms with Crippen LogP contribution in [0.15, 0.2) is 18.2 Å². The molecular weight excluding hydrogens is 222 g/mol. The Bertz CT molecular complexity index is 397. The smallest absolute Gasteiger partial charge is 0.0406 e. The zero-order valence-corrected chi connectivity index (χ0v) is 11.0. The first kappa shape index (κ1) is 12.0. The van der Waals surface area contributed by atoms with Crippen LogP contribution in [0.2, 0.25) is 0 Å². The second-order valence-corrected chi connectivity index (χ2v) is 5.32. The fourth-order valence-electron chi connectivity index (χ4n) is 3.05. The molecule has 0 spiro atoms. The number of hydrogen-bond acceptors (Lipinski definition) is 3. The van der Waals surface area contributed by atoms with Gasteiger partial charge < -0.3 is 15.5 Å².